The summed E-state index contributed by atoms with van der Waals surface area (Å²) in [6, 6.07) is 1.71. The van der Waals surface area contributed by atoms with Crippen molar-refractivity contribution in [3.63, 3.8) is 0 Å². The molecule has 150 valence electrons. The van der Waals surface area contributed by atoms with Crippen LogP contribution in [0.5, 0.6) is 0 Å². The highest BCUT2D eigenvalue weighted by molar-refractivity contribution is 5.11. The van der Waals surface area contributed by atoms with Gasteiger partial charge in [0.25, 0.3) is 0 Å². The molecule has 4 heteroatoms. The molecule has 2 saturated heterocycles. The molecule has 3 heterocycles. The molecule has 1 aromatic rings. The summed E-state index contributed by atoms with van der Waals surface area (Å²) in [7, 11) is 0. The van der Waals surface area contributed by atoms with Gasteiger partial charge in [0.2, 0.25) is 0 Å². The quantitative estimate of drug-likeness (QED) is 0.777. The Morgan fingerprint density at radius 2 is 1.26 bits per heavy atom. The second-order valence-corrected chi connectivity index (χ2v) is 9.40. The van der Waals surface area contributed by atoms with Crippen molar-refractivity contribution < 1.29 is 0 Å². The first kappa shape index (κ1) is 19.3. The predicted octanol–water partition coefficient (Wildman–Crippen LogP) is 4.58. The fraction of sp³-hybridized carbons (Fsp3) is 0.826. The zero-order valence-corrected chi connectivity index (χ0v) is 17.4. The average Bonchev–Trinajstić information content (AvgIpc) is 2.75. The van der Waals surface area contributed by atoms with Crippen molar-refractivity contribution in [2.45, 2.75) is 95.6 Å². The van der Waals surface area contributed by atoms with Crippen LogP contribution >= 0.6 is 0 Å². The molecule has 0 atom stereocenters. The van der Waals surface area contributed by atoms with Crippen molar-refractivity contribution in [3.8, 4) is 0 Å². The summed E-state index contributed by atoms with van der Waals surface area (Å²) in [5.74, 6) is 2.15. The molecule has 1 aromatic heterocycles. The van der Waals surface area contributed by atoms with E-state index in [0.29, 0.717) is 11.8 Å². The molecule has 3 aliphatic rings. The zero-order valence-electron chi connectivity index (χ0n) is 17.4. The van der Waals surface area contributed by atoms with Gasteiger partial charge in [-0.05, 0) is 76.2 Å². The van der Waals surface area contributed by atoms with Crippen molar-refractivity contribution >= 4 is 0 Å². The van der Waals surface area contributed by atoms with Gasteiger partial charge in [0, 0.05) is 30.4 Å². The van der Waals surface area contributed by atoms with Gasteiger partial charge in [-0.25, -0.2) is 9.97 Å². The molecule has 0 unspecified atom stereocenters. The monoisotopic (exact) mass is 370 g/mol. The van der Waals surface area contributed by atoms with E-state index in [0.717, 1.165) is 17.9 Å². The van der Waals surface area contributed by atoms with Gasteiger partial charge < -0.3 is 9.80 Å². The van der Waals surface area contributed by atoms with E-state index in [1.165, 1.54) is 89.5 Å². The second kappa shape index (κ2) is 9.00. The van der Waals surface area contributed by atoms with Gasteiger partial charge in [-0.15, -0.1) is 0 Å². The number of likely N-dealkylation sites (tertiary alicyclic amines) is 2. The lowest BCUT2D eigenvalue weighted by atomic mass is 9.90. The second-order valence-electron chi connectivity index (χ2n) is 9.40. The lowest BCUT2D eigenvalue weighted by molar-refractivity contribution is 0.0581. The van der Waals surface area contributed by atoms with Crippen molar-refractivity contribution in [1.29, 1.82) is 0 Å². The van der Waals surface area contributed by atoms with E-state index in [1.54, 1.807) is 0 Å². The van der Waals surface area contributed by atoms with Crippen molar-refractivity contribution in [2.75, 3.05) is 26.2 Å². The predicted molar refractivity (Wildman–Crippen MR) is 111 cm³/mol. The van der Waals surface area contributed by atoms with Crippen LogP contribution in [0.15, 0.2) is 12.4 Å². The molecule has 0 bridgehead atoms. The molecule has 0 spiro atoms. The number of aromatic nitrogens is 2. The Bertz CT molecular complexity index is 563. The average molecular weight is 371 g/mol. The Balaban J connectivity index is 1.23. The number of nitrogens with zero attached hydrogens (tertiary/aromatic N) is 4. The van der Waals surface area contributed by atoms with Crippen LogP contribution in [-0.4, -0.2) is 58.0 Å². The number of hydrogen-bond donors (Lipinski definition) is 0. The van der Waals surface area contributed by atoms with Gasteiger partial charge in [-0.1, -0.05) is 33.1 Å². The van der Waals surface area contributed by atoms with Gasteiger partial charge in [-0.3, -0.25) is 0 Å². The maximum absolute atomic E-state index is 4.69. The Morgan fingerprint density at radius 1 is 0.741 bits per heavy atom. The molecule has 4 rings (SSSR count). The molecule has 27 heavy (non-hydrogen) atoms. The van der Waals surface area contributed by atoms with Gasteiger partial charge in [0.05, 0.1) is 0 Å². The maximum atomic E-state index is 4.69. The largest absolute Gasteiger partial charge is 0.300 e. The van der Waals surface area contributed by atoms with E-state index in [9.17, 15) is 0 Å². The molecular weight excluding hydrogens is 332 g/mol. The third-order valence-corrected chi connectivity index (χ3v) is 7.36. The third-order valence-electron chi connectivity index (χ3n) is 7.36. The van der Waals surface area contributed by atoms with Crippen molar-refractivity contribution in [2.24, 2.45) is 0 Å². The van der Waals surface area contributed by atoms with Crippen LogP contribution in [0.1, 0.15) is 94.9 Å². The lowest BCUT2D eigenvalue weighted by Gasteiger charge is -2.44. The zero-order chi connectivity index (χ0) is 18.6. The molecule has 0 N–H and O–H groups in total. The Labute approximate surface area is 165 Å². The van der Waals surface area contributed by atoms with Crippen LogP contribution in [0.3, 0.4) is 0 Å². The maximum Gasteiger partial charge on any atom is 0.131 e. The highest BCUT2D eigenvalue weighted by Gasteiger charge is 2.31. The van der Waals surface area contributed by atoms with E-state index in [4.69, 9.17) is 0 Å². The first-order chi connectivity index (χ1) is 13.2. The van der Waals surface area contributed by atoms with E-state index in [1.807, 2.05) is 12.4 Å². The van der Waals surface area contributed by atoms with Crippen LogP contribution < -0.4 is 0 Å². The standard InChI is InChI=1S/C23H38N4/c1-18(2)20-16-24-23(25-17-20)19-8-12-26(13-9-19)22-10-14-27(15-11-22)21-6-4-3-5-7-21/h16-19,21-22H,3-15H2,1-2H3. The van der Waals surface area contributed by atoms with Gasteiger partial charge >= 0.3 is 0 Å². The molecular formula is C23H38N4. The van der Waals surface area contributed by atoms with E-state index in [-0.39, 0.29) is 0 Å². The first-order valence-corrected chi connectivity index (χ1v) is 11.5. The third kappa shape index (κ3) is 4.71. The lowest BCUT2D eigenvalue weighted by Crippen LogP contribution is -2.50. The number of hydrogen-bond acceptors (Lipinski definition) is 4. The van der Waals surface area contributed by atoms with Gasteiger partial charge in [0.15, 0.2) is 0 Å². The normalized spacial score (nSPS) is 25.3. The fourth-order valence-corrected chi connectivity index (χ4v) is 5.44. The molecule has 3 fully saturated rings. The molecule has 0 amide bonds. The summed E-state index contributed by atoms with van der Waals surface area (Å²) >= 11 is 0. The molecule has 2 aliphatic heterocycles. The highest BCUT2D eigenvalue weighted by atomic mass is 15.2. The summed E-state index contributed by atoms with van der Waals surface area (Å²) < 4.78 is 0. The van der Waals surface area contributed by atoms with E-state index in [2.05, 4.69) is 33.6 Å². The van der Waals surface area contributed by atoms with Crippen LogP contribution in [0, 0.1) is 0 Å². The minimum Gasteiger partial charge on any atom is -0.300 e. The molecule has 1 aliphatic carbocycles. The summed E-state index contributed by atoms with van der Waals surface area (Å²) in [5, 5.41) is 0. The molecule has 0 radical (unpaired) electrons. The molecule has 0 aromatic carbocycles. The summed E-state index contributed by atoms with van der Waals surface area (Å²) in [4.78, 5) is 15.0. The van der Waals surface area contributed by atoms with Crippen molar-refractivity contribution in [3.05, 3.63) is 23.8 Å². The summed E-state index contributed by atoms with van der Waals surface area (Å²) in [6.07, 6.45) is 16.6. The van der Waals surface area contributed by atoms with Crippen LogP contribution in [0.2, 0.25) is 0 Å². The minimum atomic E-state index is 0.514. The molecule has 4 nitrogen and oxygen atoms in total. The van der Waals surface area contributed by atoms with Gasteiger partial charge in [-0.2, -0.15) is 0 Å². The Kier molecular flexibility index (Phi) is 6.44. The first-order valence-electron chi connectivity index (χ1n) is 11.5. The number of piperidine rings is 2. The van der Waals surface area contributed by atoms with Crippen LogP contribution in [-0.2, 0) is 0 Å². The summed E-state index contributed by atoms with van der Waals surface area (Å²) in [6.45, 7) is 9.53. The minimum absolute atomic E-state index is 0.514. The van der Waals surface area contributed by atoms with Crippen molar-refractivity contribution in [1.82, 2.24) is 19.8 Å². The Hall–Kier alpha value is -1.00. The SMILES string of the molecule is CC(C)c1cnc(C2CCN(C3CCN(C4CCCCC4)CC3)CC2)nc1. The topological polar surface area (TPSA) is 32.3 Å². The fourth-order valence-electron chi connectivity index (χ4n) is 5.44. The number of rotatable bonds is 4. The smallest absolute Gasteiger partial charge is 0.131 e. The Morgan fingerprint density at radius 3 is 1.81 bits per heavy atom. The van der Waals surface area contributed by atoms with E-state index >= 15 is 0 Å². The van der Waals surface area contributed by atoms with Gasteiger partial charge in [0.1, 0.15) is 5.82 Å². The van der Waals surface area contributed by atoms with Crippen LogP contribution in [0.4, 0.5) is 0 Å². The van der Waals surface area contributed by atoms with Crippen LogP contribution in [0.25, 0.3) is 0 Å². The highest BCUT2D eigenvalue weighted by Crippen LogP contribution is 2.31. The summed E-state index contributed by atoms with van der Waals surface area (Å²) in [5.41, 5.74) is 1.25. The van der Waals surface area contributed by atoms with E-state index < -0.39 is 0 Å². The molecule has 1 saturated carbocycles.